The number of amides is 1. The lowest BCUT2D eigenvalue weighted by Gasteiger charge is -2.26. The minimum Gasteiger partial charge on any atom is -0.353 e. The molecule has 2 nitrogen and oxygen atoms in total. The molecule has 0 spiro atoms. The van der Waals surface area contributed by atoms with Gasteiger partial charge in [-0.15, -0.1) is 11.8 Å². The van der Waals surface area contributed by atoms with Crippen LogP contribution in [0.25, 0.3) is 0 Å². The molecule has 0 heterocycles. The van der Waals surface area contributed by atoms with Crippen LogP contribution in [0.5, 0.6) is 0 Å². The number of thioether (sulfide) groups is 1. The van der Waals surface area contributed by atoms with E-state index in [1.165, 1.54) is 6.42 Å². The molecule has 15 heavy (non-hydrogen) atoms. The van der Waals surface area contributed by atoms with Crippen LogP contribution < -0.4 is 5.32 Å². The van der Waals surface area contributed by atoms with Crippen LogP contribution in [0, 0.1) is 0 Å². The Labute approximate surface area is 94.4 Å². The lowest BCUT2D eigenvalue weighted by molar-refractivity contribution is -0.119. The van der Waals surface area contributed by atoms with Crippen LogP contribution in [-0.2, 0) is 4.79 Å². The Hall–Kier alpha value is -0.960. The molecular weight excluding hydrogens is 206 g/mol. The zero-order valence-corrected chi connectivity index (χ0v) is 9.43. The zero-order chi connectivity index (χ0) is 10.5. The molecule has 0 aliphatic heterocycles. The fourth-order valence-electron chi connectivity index (χ4n) is 1.49. The van der Waals surface area contributed by atoms with E-state index in [-0.39, 0.29) is 5.91 Å². The Bertz CT molecular complexity index is 322. The molecule has 1 fully saturated rings. The van der Waals surface area contributed by atoms with E-state index in [0.29, 0.717) is 11.8 Å². The first-order valence-electron chi connectivity index (χ1n) is 5.32. The van der Waals surface area contributed by atoms with Crippen LogP contribution in [0.4, 0.5) is 0 Å². The van der Waals surface area contributed by atoms with Crippen LogP contribution in [-0.4, -0.2) is 17.7 Å². The summed E-state index contributed by atoms with van der Waals surface area (Å²) < 4.78 is 0. The second-order valence-electron chi connectivity index (χ2n) is 3.80. The van der Waals surface area contributed by atoms with Crippen molar-refractivity contribution in [1.29, 1.82) is 0 Å². The van der Waals surface area contributed by atoms with Crippen LogP contribution in [0.1, 0.15) is 19.3 Å². The van der Waals surface area contributed by atoms with Gasteiger partial charge in [0.15, 0.2) is 0 Å². The summed E-state index contributed by atoms with van der Waals surface area (Å²) in [6, 6.07) is 10.5. The number of rotatable bonds is 4. The van der Waals surface area contributed by atoms with Crippen LogP contribution in [0.15, 0.2) is 35.2 Å². The molecule has 1 aliphatic rings. The molecule has 0 radical (unpaired) electrons. The second-order valence-corrected chi connectivity index (χ2v) is 4.85. The molecule has 0 atom stereocenters. The van der Waals surface area contributed by atoms with E-state index < -0.39 is 0 Å². The van der Waals surface area contributed by atoms with E-state index in [9.17, 15) is 4.79 Å². The Morgan fingerprint density at radius 2 is 2.07 bits per heavy atom. The van der Waals surface area contributed by atoms with E-state index in [2.05, 4.69) is 5.32 Å². The molecule has 1 amide bonds. The van der Waals surface area contributed by atoms with Gasteiger partial charge < -0.3 is 5.32 Å². The van der Waals surface area contributed by atoms with E-state index in [1.807, 2.05) is 30.3 Å². The maximum absolute atomic E-state index is 11.5. The molecule has 2 rings (SSSR count). The topological polar surface area (TPSA) is 29.1 Å². The van der Waals surface area contributed by atoms with Crippen LogP contribution in [0.2, 0.25) is 0 Å². The van der Waals surface area contributed by atoms with Gasteiger partial charge in [-0.1, -0.05) is 18.2 Å². The van der Waals surface area contributed by atoms with E-state index in [0.717, 1.165) is 17.7 Å². The van der Waals surface area contributed by atoms with Crippen molar-refractivity contribution in [1.82, 2.24) is 5.32 Å². The fraction of sp³-hybridized carbons (Fsp3) is 0.417. The molecule has 1 N–H and O–H groups in total. The van der Waals surface area contributed by atoms with Gasteiger partial charge in [-0.05, 0) is 31.4 Å². The molecule has 1 aromatic carbocycles. The summed E-state index contributed by atoms with van der Waals surface area (Å²) >= 11 is 1.59. The van der Waals surface area contributed by atoms with Gasteiger partial charge >= 0.3 is 0 Å². The highest BCUT2D eigenvalue weighted by molar-refractivity contribution is 8.00. The van der Waals surface area contributed by atoms with Crippen molar-refractivity contribution < 1.29 is 4.79 Å². The first-order chi connectivity index (χ1) is 7.34. The number of carbonyl (C=O) groups excluding carboxylic acids is 1. The summed E-state index contributed by atoms with van der Waals surface area (Å²) in [4.78, 5) is 12.6. The number of benzene rings is 1. The Kier molecular flexibility index (Phi) is 3.67. The third-order valence-electron chi connectivity index (χ3n) is 2.58. The standard InChI is InChI=1S/C12H15NOS/c14-12(13-10-5-4-6-10)9-15-11-7-2-1-3-8-11/h1-3,7-8,10H,4-6,9H2,(H,13,14). The Balaban J connectivity index is 1.71. The van der Waals surface area contributed by atoms with Crippen molar-refractivity contribution in [3.05, 3.63) is 30.3 Å². The van der Waals surface area contributed by atoms with Gasteiger partial charge in [0.25, 0.3) is 0 Å². The highest BCUT2D eigenvalue weighted by Crippen LogP contribution is 2.19. The number of hydrogen-bond donors (Lipinski definition) is 1. The van der Waals surface area contributed by atoms with Crippen molar-refractivity contribution in [2.24, 2.45) is 0 Å². The zero-order valence-electron chi connectivity index (χ0n) is 8.61. The quantitative estimate of drug-likeness (QED) is 0.791. The highest BCUT2D eigenvalue weighted by Gasteiger charge is 2.18. The van der Waals surface area contributed by atoms with E-state index in [4.69, 9.17) is 0 Å². The Morgan fingerprint density at radius 3 is 2.67 bits per heavy atom. The molecule has 0 aromatic heterocycles. The van der Waals surface area contributed by atoms with E-state index in [1.54, 1.807) is 11.8 Å². The van der Waals surface area contributed by atoms with Crippen LogP contribution >= 0.6 is 11.8 Å². The third kappa shape index (κ3) is 3.27. The average molecular weight is 221 g/mol. The molecule has 1 saturated carbocycles. The minimum atomic E-state index is 0.161. The first-order valence-corrected chi connectivity index (χ1v) is 6.30. The summed E-state index contributed by atoms with van der Waals surface area (Å²) in [5.74, 6) is 0.689. The van der Waals surface area contributed by atoms with Crippen molar-refractivity contribution in [3.8, 4) is 0 Å². The summed E-state index contributed by atoms with van der Waals surface area (Å²) in [5, 5.41) is 3.03. The van der Waals surface area contributed by atoms with Gasteiger partial charge in [0.05, 0.1) is 5.75 Å². The summed E-state index contributed by atoms with van der Waals surface area (Å²) in [7, 11) is 0. The average Bonchev–Trinajstić information content (AvgIpc) is 2.22. The van der Waals surface area contributed by atoms with Crippen LogP contribution in [0.3, 0.4) is 0 Å². The van der Waals surface area contributed by atoms with Gasteiger partial charge in [-0.25, -0.2) is 0 Å². The first kappa shape index (κ1) is 10.6. The molecule has 0 bridgehead atoms. The number of carbonyl (C=O) groups is 1. The maximum Gasteiger partial charge on any atom is 0.230 e. The molecule has 80 valence electrons. The normalized spacial score (nSPS) is 15.7. The van der Waals surface area contributed by atoms with Crippen molar-refractivity contribution in [2.75, 3.05) is 5.75 Å². The summed E-state index contributed by atoms with van der Waals surface area (Å²) in [5.41, 5.74) is 0. The summed E-state index contributed by atoms with van der Waals surface area (Å²) in [6.45, 7) is 0. The van der Waals surface area contributed by atoms with Gasteiger partial charge in [0.2, 0.25) is 5.91 Å². The van der Waals surface area contributed by atoms with Gasteiger partial charge in [-0.2, -0.15) is 0 Å². The molecule has 0 saturated heterocycles. The predicted octanol–water partition coefficient (Wildman–Crippen LogP) is 2.45. The molecule has 3 heteroatoms. The lowest BCUT2D eigenvalue weighted by Crippen LogP contribution is -2.40. The van der Waals surface area contributed by atoms with Crippen molar-refractivity contribution in [2.45, 2.75) is 30.2 Å². The third-order valence-corrected chi connectivity index (χ3v) is 3.60. The van der Waals surface area contributed by atoms with Crippen molar-refractivity contribution in [3.63, 3.8) is 0 Å². The SMILES string of the molecule is O=C(CSc1ccccc1)NC1CCC1. The molecule has 1 aliphatic carbocycles. The Morgan fingerprint density at radius 1 is 1.33 bits per heavy atom. The lowest BCUT2D eigenvalue weighted by atomic mass is 9.93. The minimum absolute atomic E-state index is 0.161. The van der Waals surface area contributed by atoms with Gasteiger partial charge in [0, 0.05) is 10.9 Å². The van der Waals surface area contributed by atoms with Gasteiger partial charge in [0.1, 0.15) is 0 Å². The predicted molar refractivity (Wildman–Crippen MR) is 62.9 cm³/mol. The van der Waals surface area contributed by atoms with Crippen molar-refractivity contribution >= 4 is 17.7 Å². The smallest absolute Gasteiger partial charge is 0.230 e. The maximum atomic E-state index is 11.5. The van der Waals surface area contributed by atoms with Gasteiger partial charge in [-0.3, -0.25) is 4.79 Å². The second kappa shape index (κ2) is 5.21. The molecule has 0 unspecified atom stereocenters. The van der Waals surface area contributed by atoms with E-state index >= 15 is 0 Å². The largest absolute Gasteiger partial charge is 0.353 e. The fourth-order valence-corrected chi connectivity index (χ4v) is 2.22. The monoisotopic (exact) mass is 221 g/mol. The number of nitrogens with one attached hydrogen (secondary N) is 1. The molecular formula is C12H15NOS. The number of hydrogen-bond acceptors (Lipinski definition) is 2. The highest BCUT2D eigenvalue weighted by atomic mass is 32.2. The molecule has 1 aromatic rings. The summed E-state index contributed by atoms with van der Waals surface area (Å²) in [6.07, 6.45) is 3.57.